The molecule has 4 nitrogen and oxygen atoms in total. The van der Waals surface area contributed by atoms with Crippen LogP contribution in [0.1, 0.15) is 18.9 Å². The van der Waals surface area contributed by atoms with Gasteiger partial charge < -0.3 is 5.32 Å². The Hall–Kier alpha value is -1.68. The lowest BCUT2D eigenvalue weighted by Crippen LogP contribution is -2.31. The molecule has 3 rings (SSSR count). The maximum absolute atomic E-state index is 4.62. The first kappa shape index (κ1) is 10.5. The van der Waals surface area contributed by atoms with Gasteiger partial charge in [0.25, 0.3) is 0 Å². The van der Waals surface area contributed by atoms with Gasteiger partial charge in [0.05, 0.1) is 11.7 Å². The summed E-state index contributed by atoms with van der Waals surface area (Å²) in [5.74, 6) is 0. The highest BCUT2D eigenvalue weighted by Crippen LogP contribution is 2.19. The molecule has 0 amide bonds. The van der Waals surface area contributed by atoms with Crippen molar-refractivity contribution in [1.82, 2.24) is 20.1 Å². The van der Waals surface area contributed by atoms with Crippen LogP contribution in [-0.4, -0.2) is 27.9 Å². The molecule has 0 aliphatic carbocycles. The summed E-state index contributed by atoms with van der Waals surface area (Å²) < 4.78 is 2.07. The Balaban J connectivity index is 1.83. The van der Waals surface area contributed by atoms with Crippen molar-refractivity contribution in [3.05, 3.63) is 36.7 Å². The molecule has 1 saturated heterocycles. The van der Waals surface area contributed by atoms with Crippen LogP contribution < -0.4 is 5.32 Å². The van der Waals surface area contributed by atoms with Crippen molar-refractivity contribution in [1.29, 1.82) is 0 Å². The van der Waals surface area contributed by atoms with Gasteiger partial charge in [-0.05, 0) is 37.6 Å². The van der Waals surface area contributed by atoms with Crippen molar-refractivity contribution >= 4 is 0 Å². The van der Waals surface area contributed by atoms with Gasteiger partial charge in [0.15, 0.2) is 0 Å². The van der Waals surface area contributed by atoms with E-state index in [1.807, 2.05) is 24.3 Å². The Bertz CT molecular complexity index is 471. The van der Waals surface area contributed by atoms with Crippen molar-refractivity contribution in [2.75, 3.05) is 13.1 Å². The molecule has 4 heteroatoms. The molecule has 0 saturated carbocycles. The van der Waals surface area contributed by atoms with Crippen LogP contribution in [0, 0.1) is 0 Å². The molecule has 0 radical (unpaired) electrons. The van der Waals surface area contributed by atoms with Gasteiger partial charge in [-0.2, -0.15) is 5.10 Å². The fourth-order valence-electron chi connectivity index (χ4n) is 2.25. The third-order valence-corrected chi connectivity index (χ3v) is 3.18. The molecular weight excluding hydrogens is 212 g/mol. The number of hydrogen-bond donors (Lipinski definition) is 1. The van der Waals surface area contributed by atoms with Gasteiger partial charge in [0, 0.05) is 18.9 Å². The van der Waals surface area contributed by atoms with Crippen LogP contribution in [0.25, 0.3) is 11.4 Å². The van der Waals surface area contributed by atoms with Crippen molar-refractivity contribution < 1.29 is 0 Å². The molecule has 88 valence electrons. The third kappa shape index (κ3) is 2.22. The van der Waals surface area contributed by atoms with Gasteiger partial charge >= 0.3 is 0 Å². The maximum Gasteiger partial charge on any atom is 0.111 e. The first-order valence-electron chi connectivity index (χ1n) is 6.11. The minimum absolute atomic E-state index is 0.487. The Labute approximate surface area is 101 Å². The minimum Gasteiger partial charge on any atom is -0.315 e. The van der Waals surface area contributed by atoms with E-state index in [0.29, 0.717) is 6.04 Å². The van der Waals surface area contributed by atoms with Gasteiger partial charge in [-0.3, -0.25) is 9.67 Å². The number of piperidine rings is 1. The SMILES string of the molecule is c1ccc(-c2ccn(C3CCCNC3)n2)nc1. The number of aromatic nitrogens is 3. The molecule has 2 aromatic heterocycles. The quantitative estimate of drug-likeness (QED) is 0.853. The first-order chi connectivity index (χ1) is 8.43. The molecule has 1 fully saturated rings. The highest BCUT2D eigenvalue weighted by Gasteiger charge is 2.15. The lowest BCUT2D eigenvalue weighted by molar-refractivity contribution is 0.347. The van der Waals surface area contributed by atoms with E-state index in [1.165, 1.54) is 12.8 Å². The summed E-state index contributed by atoms with van der Waals surface area (Å²) in [6.45, 7) is 2.15. The molecular formula is C13H16N4. The molecule has 1 atom stereocenters. The summed E-state index contributed by atoms with van der Waals surface area (Å²) in [5.41, 5.74) is 1.89. The third-order valence-electron chi connectivity index (χ3n) is 3.18. The van der Waals surface area contributed by atoms with E-state index < -0.39 is 0 Å². The predicted octanol–water partition coefficient (Wildman–Crippen LogP) is 1.87. The average molecular weight is 228 g/mol. The van der Waals surface area contributed by atoms with Gasteiger partial charge in [0.2, 0.25) is 0 Å². The van der Waals surface area contributed by atoms with E-state index in [4.69, 9.17) is 0 Å². The van der Waals surface area contributed by atoms with Crippen LogP contribution in [0.2, 0.25) is 0 Å². The average Bonchev–Trinajstić information content (AvgIpc) is 2.90. The minimum atomic E-state index is 0.487. The predicted molar refractivity (Wildman–Crippen MR) is 66.6 cm³/mol. The van der Waals surface area contributed by atoms with Gasteiger partial charge in [-0.25, -0.2) is 0 Å². The van der Waals surface area contributed by atoms with E-state index in [1.54, 1.807) is 6.20 Å². The summed E-state index contributed by atoms with van der Waals surface area (Å²) in [6, 6.07) is 8.43. The first-order valence-corrected chi connectivity index (χ1v) is 6.11. The Morgan fingerprint density at radius 1 is 1.24 bits per heavy atom. The number of pyridine rings is 1. The summed E-state index contributed by atoms with van der Waals surface area (Å²) in [6.07, 6.45) is 6.29. The smallest absolute Gasteiger partial charge is 0.111 e. The van der Waals surface area contributed by atoms with Gasteiger partial charge in [-0.1, -0.05) is 6.07 Å². The zero-order valence-corrected chi connectivity index (χ0v) is 9.71. The fourth-order valence-corrected chi connectivity index (χ4v) is 2.25. The lowest BCUT2D eigenvalue weighted by Gasteiger charge is -2.22. The Kier molecular flexibility index (Phi) is 2.88. The van der Waals surface area contributed by atoms with Crippen LogP contribution in [0.3, 0.4) is 0 Å². The molecule has 1 aliphatic heterocycles. The number of hydrogen-bond acceptors (Lipinski definition) is 3. The van der Waals surface area contributed by atoms with Crippen molar-refractivity contribution in [3.8, 4) is 11.4 Å². The molecule has 1 unspecified atom stereocenters. The van der Waals surface area contributed by atoms with E-state index in [-0.39, 0.29) is 0 Å². The van der Waals surface area contributed by atoms with Crippen LogP contribution in [0.5, 0.6) is 0 Å². The van der Waals surface area contributed by atoms with Crippen molar-refractivity contribution in [3.63, 3.8) is 0 Å². The fraction of sp³-hybridized carbons (Fsp3) is 0.385. The van der Waals surface area contributed by atoms with Crippen molar-refractivity contribution in [2.24, 2.45) is 0 Å². The Morgan fingerprint density at radius 3 is 3.00 bits per heavy atom. The number of rotatable bonds is 2. The number of nitrogens with one attached hydrogen (secondary N) is 1. The highest BCUT2D eigenvalue weighted by molar-refractivity contribution is 5.52. The summed E-state index contributed by atoms with van der Waals surface area (Å²) in [5, 5.41) is 8.02. The van der Waals surface area contributed by atoms with Gasteiger partial charge in [0.1, 0.15) is 5.69 Å². The normalized spacial score (nSPS) is 20.4. The van der Waals surface area contributed by atoms with Crippen molar-refractivity contribution in [2.45, 2.75) is 18.9 Å². The summed E-state index contributed by atoms with van der Waals surface area (Å²) in [4.78, 5) is 4.32. The topological polar surface area (TPSA) is 42.7 Å². The van der Waals surface area contributed by atoms with Gasteiger partial charge in [-0.15, -0.1) is 0 Å². The second-order valence-corrected chi connectivity index (χ2v) is 4.40. The standard InChI is InChI=1S/C13H16N4/c1-2-8-15-12(5-1)13-6-9-17(16-13)11-4-3-7-14-10-11/h1-2,5-6,8-9,11,14H,3-4,7,10H2. The van der Waals surface area contributed by atoms with Crippen LogP contribution in [0.4, 0.5) is 0 Å². The zero-order valence-electron chi connectivity index (χ0n) is 9.71. The molecule has 1 N–H and O–H groups in total. The summed E-state index contributed by atoms with van der Waals surface area (Å²) >= 11 is 0. The van der Waals surface area contributed by atoms with Crippen LogP contribution in [0.15, 0.2) is 36.7 Å². The molecule has 17 heavy (non-hydrogen) atoms. The highest BCUT2D eigenvalue weighted by atomic mass is 15.3. The molecule has 0 bridgehead atoms. The van der Waals surface area contributed by atoms with E-state index >= 15 is 0 Å². The second-order valence-electron chi connectivity index (χ2n) is 4.40. The van der Waals surface area contributed by atoms with Crippen LogP contribution >= 0.6 is 0 Å². The molecule has 2 aromatic rings. The maximum atomic E-state index is 4.62. The van der Waals surface area contributed by atoms with Crippen LogP contribution in [-0.2, 0) is 0 Å². The Morgan fingerprint density at radius 2 is 2.24 bits per heavy atom. The summed E-state index contributed by atoms with van der Waals surface area (Å²) in [7, 11) is 0. The largest absolute Gasteiger partial charge is 0.315 e. The molecule has 0 aromatic carbocycles. The zero-order chi connectivity index (χ0) is 11.5. The second kappa shape index (κ2) is 4.67. The molecule has 3 heterocycles. The molecule has 1 aliphatic rings. The van der Waals surface area contributed by atoms with E-state index in [9.17, 15) is 0 Å². The monoisotopic (exact) mass is 228 g/mol. The number of nitrogens with zero attached hydrogens (tertiary/aromatic N) is 3. The van der Waals surface area contributed by atoms with E-state index in [2.05, 4.69) is 26.3 Å². The lowest BCUT2D eigenvalue weighted by atomic mass is 10.1. The molecule has 0 spiro atoms. The van der Waals surface area contributed by atoms with E-state index in [0.717, 1.165) is 24.5 Å².